The van der Waals surface area contributed by atoms with Crippen LogP contribution in [-0.2, 0) is 10.0 Å². The molecule has 1 aliphatic heterocycles. The fraction of sp³-hybridized carbons (Fsp3) is 0.571. The molecule has 1 aromatic rings. The van der Waals surface area contributed by atoms with Gasteiger partial charge in [0.2, 0.25) is 10.0 Å². The number of primary sulfonamides is 1. The van der Waals surface area contributed by atoms with Gasteiger partial charge in [-0.05, 0) is 42.9 Å². The van der Waals surface area contributed by atoms with Crippen molar-refractivity contribution in [3.63, 3.8) is 0 Å². The van der Waals surface area contributed by atoms with E-state index in [9.17, 15) is 8.42 Å². The molecule has 0 aliphatic carbocycles. The van der Waals surface area contributed by atoms with Gasteiger partial charge in [0.1, 0.15) is 0 Å². The first kappa shape index (κ1) is 15.1. The summed E-state index contributed by atoms with van der Waals surface area (Å²) in [6, 6.07) is 4.83. The highest BCUT2D eigenvalue weighted by Gasteiger charge is 2.23. The first-order valence-corrected chi connectivity index (χ1v) is 8.40. The number of nitrogen functional groups attached to an aromatic ring is 1. The Hall–Kier alpha value is -1.27. The van der Waals surface area contributed by atoms with Crippen LogP contribution in [0.25, 0.3) is 0 Å². The van der Waals surface area contributed by atoms with E-state index >= 15 is 0 Å². The minimum atomic E-state index is -3.73. The lowest BCUT2D eigenvalue weighted by atomic mass is 9.85. The highest BCUT2D eigenvalue weighted by Crippen LogP contribution is 2.32. The number of nitrogens with zero attached hydrogens (tertiary/aromatic N) is 1. The predicted octanol–water partition coefficient (Wildman–Crippen LogP) is 1.93. The molecule has 0 radical (unpaired) electrons. The molecule has 0 saturated carbocycles. The molecule has 1 aromatic carbocycles. The molecular weight excluding hydrogens is 274 g/mol. The lowest BCUT2D eigenvalue weighted by Crippen LogP contribution is -2.25. The molecule has 0 bridgehead atoms. The summed E-state index contributed by atoms with van der Waals surface area (Å²) in [6.07, 6.45) is 3.34. The molecule has 0 spiro atoms. The third kappa shape index (κ3) is 3.64. The quantitative estimate of drug-likeness (QED) is 0.816. The molecule has 1 heterocycles. The average molecular weight is 297 g/mol. The molecule has 20 heavy (non-hydrogen) atoms. The van der Waals surface area contributed by atoms with Gasteiger partial charge in [-0.15, -0.1) is 0 Å². The van der Waals surface area contributed by atoms with Crippen molar-refractivity contribution in [3.05, 3.63) is 18.2 Å². The molecule has 5 nitrogen and oxygen atoms in total. The van der Waals surface area contributed by atoms with E-state index < -0.39 is 10.0 Å². The molecule has 0 amide bonds. The zero-order valence-corrected chi connectivity index (χ0v) is 12.9. The Balaban J connectivity index is 2.31. The van der Waals surface area contributed by atoms with Crippen molar-refractivity contribution >= 4 is 21.4 Å². The van der Waals surface area contributed by atoms with Crippen LogP contribution in [0.1, 0.15) is 33.1 Å². The minimum Gasteiger partial charge on any atom is -0.399 e. The van der Waals surface area contributed by atoms with Crippen molar-refractivity contribution in [3.8, 4) is 0 Å². The van der Waals surface area contributed by atoms with Gasteiger partial charge in [-0.1, -0.05) is 13.8 Å². The van der Waals surface area contributed by atoms with Crippen LogP contribution in [0.4, 0.5) is 11.4 Å². The molecule has 1 aliphatic rings. The number of benzene rings is 1. The summed E-state index contributed by atoms with van der Waals surface area (Å²) in [5.41, 5.74) is 7.41. The van der Waals surface area contributed by atoms with E-state index in [-0.39, 0.29) is 4.90 Å². The summed E-state index contributed by atoms with van der Waals surface area (Å²) in [6.45, 7) is 6.36. The van der Waals surface area contributed by atoms with E-state index in [0.717, 1.165) is 31.6 Å². The molecule has 1 saturated heterocycles. The van der Waals surface area contributed by atoms with E-state index in [1.54, 1.807) is 6.07 Å². The highest BCUT2D eigenvalue weighted by atomic mass is 32.2. The number of hydrogen-bond acceptors (Lipinski definition) is 4. The van der Waals surface area contributed by atoms with Gasteiger partial charge in [-0.2, -0.15) is 0 Å². The number of hydrogen-bond donors (Lipinski definition) is 2. The summed E-state index contributed by atoms with van der Waals surface area (Å²) in [5.74, 6) is 0. The topological polar surface area (TPSA) is 89.4 Å². The fourth-order valence-electron chi connectivity index (χ4n) is 2.63. The zero-order chi connectivity index (χ0) is 15.0. The Morgan fingerprint density at radius 3 is 2.50 bits per heavy atom. The van der Waals surface area contributed by atoms with Crippen LogP contribution in [0.2, 0.25) is 0 Å². The van der Waals surface area contributed by atoms with Crippen LogP contribution in [0.15, 0.2) is 23.1 Å². The second kappa shape index (κ2) is 5.26. The Kier molecular flexibility index (Phi) is 3.97. The lowest BCUT2D eigenvalue weighted by molar-refractivity contribution is 0.325. The summed E-state index contributed by atoms with van der Waals surface area (Å²) in [5, 5.41) is 5.20. The minimum absolute atomic E-state index is 0.0796. The van der Waals surface area contributed by atoms with Crippen LogP contribution in [0, 0.1) is 5.41 Å². The third-order valence-corrected chi connectivity index (χ3v) is 4.84. The van der Waals surface area contributed by atoms with Crippen LogP contribution in [0.3, 0.4) is 0 Å². The maximum atomic E-state index is 11.5. The third-order valence-electron chi connectivity index (χ3n) is 3.95. The fourth-order valence-corrected chi connectivity index (χ4v) is 3.22. The molecule has 0 atom stereocenters. The van der Waals surface area contributed by atoms with Gasteiger partial charge in [-0.3, -0.25) is 0 Å². The smallest absolute Gasteiger partial charge is 0.238 e. The van der Waals surface area contributed by atoms with E-state index in [2.05, 4.69) is 18.7 Å². The predicted molar refractivity (Wildman–Crippen MR) is 82.1 cm³/mol. The van der Waals surface area contributed by atoms with Crippen molar-refractivity contribution in [1.82, 2.24) is 0 Å². The molecule has 0 aromatic heterocycles. The maximum Gasteiger partial charge on any atom is 0.238 e. The van der Waals surface area contributed by atoms with Crippen LogP contribution in [0.5, 0.6) is 0 Å². The van der Waals surface area contributed by atoms with Crippen molar-refractivity contribution in [2.24, 2.45) is 10.6 Å². The van der Waals surface area contributed by atoms with Crippen molar-refractivity contribution < 1.29 is 8.42 Å². The molecule has 1 fully saturated rings. The first-order valence-electron chi connectivity index (χ1n) is 6.86. The van der Waals surface area contributed by atoms with Gasteiger partial charge >= 0.3 is 0 Å². The van der Waals surface area contributed by atoms with Crippen molar-refractivity contribution in [1.29, 1.82) is 0 Å². The SMILES string of the molecule is CC1(C)CCCN(c2cc(N)cc(S(N)(=O)=O)c2)CC1. The van der Waals surface area contributed by atoms with Crippen molar-refractivity contribution in [2.75, 3.05) is 23.7 Å². The molecular formula is C14H23N3O2S. The molecule has 4 N–H and O–H groups in total. The second-order valence-electron chi connectivity index (χ2n) is 6.31. The Morgan fingerprint density at radius 1 is 1.15 bits per heavy atom. The maximum absolute atomic E-state index is 11.5. The van der Waals surface area contributed by atoms with Crippen LogP contribution >= 0.6 is 0 Å². The number of sulfonamides is 1. The summed E-state index contributed by atoms with van der Waals surface area (Å²) in [4.78, 5) is 2.27. The van der Waals surface area contributed by atoms with Gasteiger partial charge in [0.05, 0.1) is 4.90 Å². The van der Waals surface area contributed by atoms with Gasteiger partial charge < -0.3 is 10.6 Å². The normalized spacial score (nSPS) is 19.6. The Morgan fingerprint density at radius 2 is 1.85 bits per heavy atom. The summed E-state index contributed by atoms with van der Waals surface area (Å²) < 4.78 is 23.0. The summed E-state index contributed by atoms with van der Waals surface area (Å²) >= 11 is 0. The average Bonchev–Trinajstić information content (AvgIpc) is 2.48. The number of rotatable bonds is 2. The van der Waals surface area contributed by atoms with Crippen LogP contribution < -0.4 is 15.8 Å². The van der Waals surface area contributed by atoms with Crippen molar-refractivity contribution in [2.45, 2.75) is 38.0 Å². The van der Waals surface area contributed by atoms with Crippen LogP contribution in [-0.4, -0.2) is 21.5 Å². The molecule has 6 heteroatoms. The largest absolute Gasteiger partial charge is 0.399 e. The molecule has 112 valence electrons. The first-order chi connectivity index (χ1) is 9.17. The summed E-state index contributed by atoms with van der Waals surface area (Å²) in [7, 11) is -3.73. The van der Waals surface area contributed by atoms with E-state index in [1.165, 1.54) is 12.5 Å². The van der Waals surface area contributed by atoms with Gasteiger partial charge in [-0.25, -0.2) is 13.6 Å². The molecule has 2 rings (SSSR count). The molecule has 0 unspecified atom stereocenters. The zero-order valence-electron chi connectivity index (χ0n) is 12.1. The van der Waals surface area contributed by atoms with Gasteiger partial charge in [0.15, 0.2) is 0 Å². The number of nitrogens with two attached hydrogens (primary N) is 2. The Labute approximate surface area is 121 Å². The monoisotopic (exact) mass is 297 g/mol. The van der Waals surface area contributed by atoms with E-state index in [4.69, 9.17) is 10.9 Å². The highest BCUT2D eigenvalue weighted by molar-refractivity contribution is 7.89. The van der Waals surface area contributed by atoms with Gasteiger partial charge in [0.25, 0.3) is 0 Å². The lowest BCUT2D eigenvalue weighted by Gasteiger charge is -2.25. The van der Waals surface area contributed by atoms with E-state index in [1.807, 2.05) is 6.07 Å². The number of anilines is 2. The Bertz CT molecular complexity index is 596. The second-order valence-corrected chi connectivity index (χ2v) is 7.87. The van der Waals surface area contributed by atoms with Gasteiger partial charge in [0, 0.05) is 24.5 Å². The van der Waals surface area contributed by atoms with E-state index in [0.29, 0.717) is 11.1 Å². The standard InChI is InChI=1S/C14H23N3O2S/c1-14(2)4-3-6-17(7-5-14)12-8-11(15)9-13(10-12)20(16,18)19/h8-10H,3-7,15H2,1-2H3,(H2,16,18,19).